The highest BCUT2D eigenvalue weighted by molar-refractivity contribution is 6.30. The third kappa shape index (κ3) is 3.70. The molecule has 0 radical (unpaired) electrons. The van der Waals surface area contributed by atoms with Gasteiger partial charge in [0.1, 0.15) is 5.82 Å². The number of hydrogen-bond acceptors (Lipinski definition) is 3. The number of aromatic nitrogens is 2. The van der Waals surface area contributed by atoms with E-state index in [-0.39, 0.29) is 11.9 Å². The van der Waals surface area contributed by atoms with Gasteiger partial charge in [-0.15, -0.1) is 0 Å². The molecule has 2 aromatic heterocycles. The number of likely N-dealkylation sites (N-methyl/N-ethyl adjacent to an activating group) is 1. The number of nitrogens with zero attached hydrogens (tertiary/aromatic N) is 3. The Morgan fingerprint density at radius 2 is 2.00 bits per heavy atom. The Hall–Kier alpha value is -2.37. The molecule has 0 bridgehead atoms. The summed E-state index contributed by atoms with van der Waals surface area (Å²) in [6.45, 7) is 0.498. The number of nitrogens with one attached hydrogen (secondary N) is 1. The Bertz CT molecular complexity index is 960. The molecule has 1 N–H and O–H groups in total. The van der Waals surface area contributed by atoms with E-state index in [0.717, 1.165) is 29.7 Å². The van der Waals surface area contributed by atoms with Crippen LogP contribution in [0.3, 0.4) is 0 Å². The van der Waals surface area contributed by atoms with Crippen LogP contribution in [-0.2, 0) is 0 Å². The summed E-state index contributed by atoms with van der Waals surface area (Å²) in [4.78, 5) is 19.7. The van der Waals surface area contributed by atoms with Crippen LogP contribution in [0.5, 0.6) is 0 Å². The van der Waals surface area contributed by atoms with Crippen molar-refractivity contribution in [1.29, 1.82) is 0 Å². The summed E-state index contributed by atoms with van der Waals surface area (Å²) in [5, 5.41) is 3.77. The molecule has 1 fully saturated rings. The predicted molar refractivity (Wildman–Crippen MR) is 107 cm³/mol. The molecule has 140 valence electrons. The molecule has 1 aliphatic rings. The van der Waals surface area contributed by atoms with Crippen molar-refractivity contribution in [2.24, 2.45) is 0 Å². The van der Waals surface area contributed by atoms with Gasteiger partial charge in [-0.1, -0.05) is 29.8 Å². The zero-order chi connectivity index (χ0) is 19.0. The van der Waals surface area contributed by atoms with Crippen LogP contribution in [0.15, 0.2) is 48.7 Å². The number of imidazole rings is 1. The number of benzene rings is 1. The van der Waals surface area contributed by atoms with Crippen molar-refractivity contribution in [3.8, 4) is 0 Å². The van der Waals surface area contributed by atoms with E-state index < -0.39 is 0 Å². The van der Waals surface area contributed by atoms with Crippen LogP contribution >= 0.6 is 11.6 Å². The molecule has 1 saturated carbocycles. The Labute approximate surface area is 164 Å². The summed E-state index contributed by atoms with van der Waals surface area (Å²) in [7, 11) is 4.01. The molecule has 2 heterocycles. The average Bonchev–Trinajstić information content (AvgIpc) is 3.43. The van der Waals surface area contributed by atoms with Gasteiger partial charge < -0.3 is 14.6 Å². The quantitative estimate of drug-likeness (QED) is 0.703. The van der Waals surface area contributed by atoms with Gasteiger partial charge in [0.05, 0.1) is 11.6 Å². The number of carbonyl (C=O) groups excluding carboxylic acids is 1. The molecule has 6 heteroatoms. The summed E-state index contributed by atoms with van der Waals surface area (Å²) in [6, 6.07) is 13.7. The van der Waals surface area contributed by atoms with E-state index >= 15 is 0 Å². The first-order valence-corrected chi connectivity index (χ1v) is 9.59. The first kappa shape index (κ1) is 18.0. The number of carbonyl (C=O) groups is 1. The molecule has 1 aliphatic carbocycles. The zero-order valence-electron chi connectivity index (χ0n) is 15.5. The molecule has 1 unspecified atom stereocenters. The van der Waals surface area contributed by atoms with Gasteiger partial charge in [0.25, 0.3) is 5.91 Å². The lowest BCUT2D eigenvalue weighted by Gasteiger charge is -2.25. The monoisotopic (exact) mass is 382 g/mol. The van der Waals surface area contributed by atoms with Crippen molar-refractivity contribution in [3.63, 3.8) is 0 Å². The van der Waals surface area contributed by atoms with Crippen molar-refractivity contribution in [3.05, 3.63) is 70.8 Å². The van der Waals surface area contributed by atoms with E-state index in [4.69, 9.17) is 11.6 Å². The number of hydrogen-bond donors (Lipinski definition) is 1. The van der Waals surface area contributed by atoms with Gasteiger partial charge in [-0.05, 0) is 56.8 Å². The molecule has 4 rings (SSSR count). The number of rotatable bonds is 6. The maximum atomic E-state index is 12.9. The van der Waals surface area contributed by atoms with Gasteiger partial charge in [-0.3, -0.25) is 4.79 Å². The van der Waals surface area contributed by atoms with E-state index in [0.29, 0.717) is 23.2 Å². The standard InChI is InChI=1S/C21H23ClN4O/c1-25(2)18(14-8-10-16(22)11-9-14)13-23-21(27)19-17-5-3-4-12-26(17)20(24-19)15-6-7-15/h3-5,8-12,15,18H,6-7,13H2,1-2H3,(H,23,27). The fourth-order valence-electron chi connectivity index (χ4n) is 3.41. The number of fused-ring (bicyclic) bond motifs is 1. The van der Waals surface area contributed by atoms with Crippen molar-refractivity contribution < 1.29 is 4.79 Å². The van der Waals surface area contributed by atoms with E-state index in [9.17, 15) is 4.79 Å². The van der Waals surface area contributed by atoms with Crippen LogP contribution in [0.1, 0.15) is 46.7 Å². The van der Waals surface area contributed by atoms with Gasteiger partial charge >= 0.3 is 0 Å². The molecule has 0 aliphatic heterocycles. The van der Waals surface area contributed by atoms with Gasteiger partial charge in [-0.2, -0.15) is 0 Å². The van der Waals surface area contributed by atoms with Crippen molar-refractivity contribution in [1.82, 2.24) is 19.6 Å². The molecule has 27 heavy (non-hydrogen) atoms. The lowest BCUT2D eigenvalue weighted by molar-refractivity contribution is 0.0939. The van der Waals surface area contributed by atoms with Crippen molar-refractivity contribution >= 4 is 23.0 Å². The lowest BCUT2D eigenvalue weighted by atomic mass is 10.1. The molecular weight excluding hydrogens is 360 g/mol. The van der Waals surface area contributed by atoms with Gasteiger partial charge in [-0.25, -0.2) is 4.98 Å². The largest absolute Gasteiger partial charge is 0.349 e. The summed E-state index contributed by atoms with van der Waals surface area (Å²) in [5.74, 6) is 1.34. The number of halogens is 1. The van der Waals surface area contributed by atoms with Crippen LogP contribution in [0, 0.1) is 0 Å². The van der Waals surface area contributed by atoms with E-state index in [1.807, 2.05) is 62.8 Å². The summed E-state index contributed by atoms with van der Waals surface area (Å²) >= 11 is 6.00. The first-order chi connectivity index (χ1) is 13.0. The van der Waals surface area contributed by atoms with Gasteiger partial charge in [0.2, 0.25) is 0 Å². The van der Waals surface area contributed by atoms with E-state index in [1.165, 1.54) is 0 Å². The molecule has 3 aromatic rings. The third-order valence-corrected chi connectivity index (χ3v) is 5.32. The smallest absolute Gasteiger partial charge is 0.272 e. The maximum Gasteiger partial charge on any atom is 0.272 e. The molecule has 1 atom stereocenters. The van der Waals surface area contributed by atoms with E-state index in [1.54, 1.807) is 0 Å². The third-order valence-electron chi connectivity index (χ3n) is 5.07. The van der Waals surface area contributed by atoms with Crippen molar-refractivity contribution in [2.45, 2.75) is 24.8 Å². The molecule has 0 spiro atoms. The first-order valence-electron chi connectivity index (χ1n) is 9.21. The topological polar surface area (TPSA) is 49.6 Å². The van der Waals surface area contributed by atoms with Crippen LogP contribution in [0.25, 0.3) is 5.52 Å². The molecule has 5 nitrogen and oxygen atoms in total. The fraction of sp³-hybridized carbons (Fsp3) is 0.333. The Morgan fingerprint density at radius 1 is 1.26 bits per heavy atom. The lowest BCUT2D eigenvalue weighted by Crippen LogP contribution is -2.34. The second-order valence-electron chi connectivity index (χ2n) is 7.29. The Balaban J connectivity index is 1.55. The van der Waals surface area contributed by atoms with Crippen LogP contribution < -0.4 is 5.32 Å². The zero-order valence-corrected chi connectivity index (χ0v) is 16.3. The van der Waals surface area contributed by atoms with Crippen LogP contribution in [-0.4, -0.2) is 40.8 Å². The summed E-state index contributed by atoms with van der Waals surface area (Å²) in [5.41, 5.74) is 2.48. The minimum absolute atomic E-state index is 0.0583. The normalized spacial score (nSPS) is 15.3. The van der Waals surface area contributed by atoms with Crippen LogP contribution in [0.2, 0.25) is 5.02 Å². The maximum absolute atomic E-state index is 12.9. The van der Waals surface area contributed by atoms with Gasteiger partial charge in [0.15, 0.2) is 5.69 Å². The highest BCUT2D eigenvalue weighted by atomic mass is 35.5. The molecule has 0 saturated heterocycles. The number of pyridine rings is 1. The minimum Gasteiger partial charge on any atom is -0.349 e. The summed E-state index contributed by atoms with van der Waals surface area (Å²) < 4.78 is 2.05. The van der Waals surface area contributed by atoms with Crippen LogP contribution in [0.4, 0.5) is 0 Å². The number of amides is 1. The van der Waals surface area contributed by atoms with Gasteiger partial charge in [0, 0.05) is 23.7 Å². The van der Waals surface area contributed by atoms with Crippen molar-refractivity contribution in [2.75, 3.05) is 20.6 Å². The average molecular weight is 383 g/mol. The Morgan fingerprint density at radius 3 is 2.67 bits per heavy atom. The summed E-state index contributed by atoms with van der Waals surface area (Å²) in [6.07, 6.45) is 4.28. The molecule has 1 aromatic carbocycles. The van der Waals surface area contributed by atoms with E-state index in [2.05, 4.69) is 19.6 Å². The molecule has 1 amide bonds. The highest BCUT2D eigenvalue weighted by Crippen LogP contribution is 2.40. The molecular formula is C21H23ClN4O. The Kier molecular flexibility index (Phi) is 4.89. The second kappa shape index (κ2) is 7.33. The predicted octanol–water partition coefficient (Wildman–Crippen LogP) is 3.90. The highest BCUT2D eigenvalue weighted by Gasteiger charge is 2.30. The minimum atomic E-state index is -0.133. The second-order valence-corrected chi connectivity index (χ2v) is 7.73. The fourth-order valence-corrected chi connectivity index (χ4v) is 3.54. The SMILES string of the molecule is CN(C)C(CNC(=O)c1nc(C2CC2)n2ccccc12)c1ccc(Cl)cc1.